The number of carbonyl (C=O) groups excluding carboxylic acids is 1. The number of anilines is 1. The molecular weight excluding hydrogens is 232 g/mol. The average Bonchev–Trinajstić information content (AvgIpc) is 2.35. The molecule has 1 aromatic rings. The second kappa shape index (κ2) is 5.97. The lowest BCUT2D eigenvalue weighted by Crippen LogP contribution is -2.11. The van der Waals surface area contributed by atoms with E-state index < -0.39 is 5.97 Å². The van der Waals surface area contributed by atoms with Gasteiger partial charge in [0.1, 0.15) is 5.75 Å². The molecule has 1 N–H and O–H groups in total. The number of esters is 1. The van der Waals surface area contributed by atoms with Crippen LogP contribution in [0.4, 0.5) is 5.69 Å². The fourth-order valence-corrected chi connectivity index (χ4v) is 1.06. The Balaban J connectivity index is 2.70. The molecule has 0 heterocycles. The summed E-state index contributed by atoms with van der Waals surface area (Å²) in [5, 5.41) is 3.37. The van der Waals surface area contributed by atoms with Crippen molar-refractivity contribution >= 4 is 28.4 Å². The SMILES string of the molecule is COC(=O)/C(Cl)=N\Nc1cccc(OC)c1. The van der Waals surface area contributed by atoms with Gasteiger partial charge in [0.05, 0.1) is 19.9 Å². The molecule has 0 aromatic heterocycles. The molecule has 0 saturated carbocycles. The van der Waals surface area contributed by atoms with Crippen LogP contribution in [0.1, 0.15) is 0 Å². The second-order valence-corrected chi connectivity index (χ2v) is 3.10. The molecule has 0 aliphatic carbocycles. The highest BCUT2D eigenvalue weighted by molar-refractivity contribution is 6.82. The number of hydrogen-bond acceptors (Lipinski definition) is 5. The molecule has 5 nitrogen and oxygen atoms in total. The lowest BCUT2D eigenvalue weighted by atomic mass is 10.3. The fourth-order valence-electron chi connectivity index (χ4n) is 0.936. The molecule has 0 radical (unpaired) electrons. The second-order valence-electron chi connectivity index (χ2n) is 2.74. The van der Waals surface area contributed by atoms with Gasteiger partial charge in [-0.1, -0.05) is 17.7 Å². The lowest BCUT2D eigenvalue weighted by molar-refractivity contribution is -0.132. The zero-order valence-corrected chi connectivity index (χ0v) is 9.62. The number of nitrogens with one attached hydrogen (secondary N) is 1. The number of halogens is 1. The number of nitrogens with zero attached hydrogens (tertiary/aromatic N) is 1. The highest BCUT2D eigenvalue weighted by Crippen LogP contribution is 2.16. The molecule has 0 fully saturated rings. The summed E-state index contributed by atoms with van der Waals surface area (Å²) < 4.78 is 9.40. The quantitative estimate of drug-likeness (QED) is 0.497. The van der Waals surface area contributed by atoms with Crippen molar-refractivity contribution < 1.29 is 14.3 Å². The van der Waals surface area contributed by atoms with Gasteiger partial charge in [-0.25, -0.2) is 4.79 Å². The molecule has 0 aliphatic rings. The van der Waals surface area contributed by atoms with Gasteiger partial charge in [0.15, 0.2) is 0 Å². The standard InChI is InChI=1S/C10H11ClN2O3/c1-15-8-5-3-4-7(6-8)12-13-9(11)10(14)16-2/h3-6,12H,1-2H3/b13-9+. The number of benzene rings is 1. The van der Waals surface area contributed by atoms with Gasteiger partial charge in [0.25, 0.3) is 0 Å². The van der Waals surface area contributed by atoms with Crippen molar-refractivity contribution in [3.05, 3.63) is 24.3 Å². The van der Waals surface area contributed by atoms with Crippen LogP contribution in [0.25, 0.3) is 0 Å². The number of rotatable bonds is 4. The maximum atomic E-state index is 10.9. The summed E-state index contributed by atoms with van der Waals surface area (Å²) in [6.45, 7) is 0. The summed E-state index contributed by atoms with van der Waals surface area (Å²) in [4.78, 5) is 10.9. The largest absolute Gasteiger partial charge is 0.497 e. The highest BCUT2D eigenvalue weighted by atomic mass is 35.5. The Hall–Kier alpha value is -1.75. The molecule has 0 saturated heterocycles. The fraction of sp³-hybridized carbons (Fsp3) is 0.200. The number of ether oxygens (including phenoxy) is 2. The van der Waals surface area contributed by atoms with Crippen LogP contribution in [0.3, 0.4) is 0 Å². The van der Waals surface area contributed by atoms with Crippen LogP contribution >= 0.6 is 11.6 Å². The Kier molecular flexibility index (Phi) is 4.60. The van der Waals surface area contributed by atoms with Gasteiger partial charge in [-0.15, -0.1) is 0 Å². The van der Waals surface area contributed by atoms with Crippen LogP contribution in [0.15, 0.2) is 29.4 Å². The van der Waals surface area contributed by atoms with Crippen LogP contribution in [0.2, 0.25) is 0 Å². The molecule has 0 aliphatic heterocycles. The van der Waals surface area contributed by atoms with Crippen molar-refractivity contribution in [2.75, 3.05) is 19.6 Å². The maximum absolute atomic E-state index is 10.9. The first-order chi connectivity index (χ1) is 7.67. The Labute approximate surface area is 98.0 Å². The Morgan fingerprint density at radius 3 is 2.81 bits per heavy atom. The van der Waals surface area contributed by atoms with E-state index >= 15 is 0 Å². The van der Waals surface area contributed by atoms with Crippen LogP contribution in [-0.2, 0) is 9.53 Å². The van der Waals surface area contributed by atoms with E-state index in [4.69, 9.17) is 16.3 Å². The molecule has 16 heavy (non-hydrogen) atoms. The summed E-state index contributed by atoms with van der Waals surface area (Å²) in [5.74, 6) is -0.0218. The van der Waals surface area contributed by atoms with Crippen molar-refractivity contribution in [1.82, 2.24) is 0 Å². The predicted molar refractivity (Wildman–Crippen MR) is 61.9 cm³/mol. The first-order valence-electron chi connectivity index (χ1n) is 4.39. The molecular formula is C10H11ClN2O3. The molecule has 6 heteroatoms. The number of carbonyl (C=O) groups is 1. The molecule has 0 atom stereocenters. The summed E-state index contributed by atoms with van der Waals surface area (Å²) in [5.41, 5.74) is 3.26. The zero-order chi connectivity index (χ0) is 12.0. The maximum Gasteiger partial charge on any atom is 0.370 e. The first-order valence-corrected chi connectivity index (χ1v) is 4.76. The van der Waals surface area contributed by atoms with Crippen LogP contribution in [-0.4, -0.2) is 25.4 Å². The molecule has 86 valence electrons. The van der Waals surface area contributed by atoms with Gasteiger partial charge >= 0.3 is 5.97 Å². The number of hydrogen-bond donors (Lipinski definition) is 1. The van der Waals surface area contributed by atoms with E-state index in [2.05, 4.69) is 15.3 Å². The van der Waals surface area contributed by atoms with Gasteiger partial charge in [-0.05, 0) is 12.1 Å². The van der Waals surface area contributed by atoms with Gasteiger partial charge in [0.2, 0.25) is 5.17 Å². The summed E-state index contributed by atoms with van der Waals surface area (Å²) in [6.07, 6.45) is 0. The van der Waals surface area contributed by atoms with E-state index in [0.717, 1.165) is 0 Å². The van der Waals surface area contributed by atoms with Gasteiger partial charge in [-0.2, -0.15) is 5.10 Å². The van der Waals surface area contributed by atoms with Crippen molar-refractivity contribution in [2.45, 2.75) is 0 Å². The molecule has 0 amide bonds. The molecule has 0 unspecified atom stereocenters. The Bertz CT molecular complexity index is 407. The average molecular weight is 243 g/mol. The van der Waals surface area contributed by atoms with E-state index in [1.165, 1.54) is 7.11 Å². The summed E-state index contributed by atoms with van der Waals surface area (Å²) in [6, 6.07) is 7.04. The van der Waals surface area contributed by atoms with Crippen LogP contribution < -0.4 is 10.2 Å². The molecule has 1 aromatic carbocycles. The van der Waals surface area contributed by atoms with Crippen molar-refractivity contribution in [3.63, 3.8) is 0 Å². The van der Waals surface area contributed by atoms with Crippen molar-refractivity contribution in [1.29, 1.82) is 0 Å². The van der Waals surface area contributed by atoms with E-state index in [1.54, 1.807) is 31.4 Å². The van der Waals surface area contributed by atoms with E-state index in [-0.39, 0.29) is 5.17 Å². The third-order valence-electron chi connectivity index (χ3n) is 1.71. The Morgan fingerprint density at radius 2 is 2.19 bits per heavy atom. The summed E-state index contributed by atoms with van der Waals surface area (Å²) in [7, 11) is 2.79. The smallest absolute Gasteiger partial charge is 0.370 e. The van der Waals surface area contributed by atoms with E-state index in [0.29, 0.717) is 11.4 Å². The number of hydrazone groups is 1. The van der Waals surface area contributed by atoms with Gasteiger partial charge in [-0.3, -0.25) is 5.43 Å². The lowest BCUT2D eigenvalue weighted by Gasteiger charge is -2.03. The monoisotopic (exact) mass is 242 g/mol. The zero-order valence-electron chi connectivity index (χ0n) is 8.86. The van der Waals surface area contributed by atoms with Crippen LogP contribution in [0.5, 0.6) is 5.75 Å². The minimum atomic E-state index is -0.697. The minimum Gasteiger partial charge on any atom is -0.497 e. The number of methoxy groups -OCH3 is 2. The van der Waals surface area contributed by atoms with Crippen LogP contribution in [0, 0.1) is 0 Å². The topological polar surface area (TPSA) is 59.9 Å². The highest BCUT2D eigenvalue weighted by Gasteiger charge is 2.07. The van der Waals surface area contributed by atoms with Gasteiger partial charge < -0.3 is 9.47 Å². The van der Waals surface area contributed by atoms with Crippen molar-refractivity contribution in [2.24, 2.45) is 5.10 Å². The first kappa shape index (κ1) is 12.3. The Morgan fingerprint density at radius 1 is 1.44 bits per heavy atom. The third-order valence-corrected chi connectivity index (χ3v) is 1.95. The van der Waals surface area contributed by atoms with E-state index in [1.807, 2.05) is 0 Å². The normalized spacial score (nSPS) is 10.8. The van der Waals surface area contributed by atoms with Gasteiger partial charge in [0, 0.05) is 6.07 Å². The molecule has 0 spiro atoms. The third kappa shape index (κ3) is 3.43. The van der Waals surface area contributed by atoms with E-state index in [9.17, 15) is 4.79 Å². The molecule has 1 rings (SSSR count). The summed E-state index contributed by atoms with van der Waals surface area (Å²) >= 11 is 5.54. The minimum absolute atomic E-state index is 0.273. The predicted octanol–water partition coefficient (Wildman–Crippen LogP) is 1.83. The van der Waals surface area contributed by atoms with Crippen molar-refractivity contribution in [3.8, 4) is 5.75 Å². The molecule has 0 bridgehead atoms.